The first-order chi connectivity index (χ1) is 17.5. The van der Waals surface area contributed by atoms with Gasteiger partial charge in [0.05, 0.1) is 5.92 Å². The summed E-state index contributed by atoms with van der Waals surface area (Å²) in [6, 6.07) is -1.26. The molecule has 2 aliphatic carbocycles. The molecule has 11 heteroatoms. The van der Waals surface area contributed by atoms with Crippen LogP contribution in [0.3, 0.4) is 0 Å². The van der Waals surface area contributed by atoms with Gasteiger partial charge in [-0.2, -0.15) is 4.98 Å². The Morgan fingerprint density at radius 2 is 1.89 bits per heavy atom. The molecule has 1 aromatic rings. The minimum atomic E-state index is -2.94. The number of carbonyl (C=O) groups excluding carboxylic acids is 1. The van der Waals surface area contributed by atoms with Crippen LogP contribution in [-0.4, -0.2) is 100 Å². The lowest BCUT2D eigenvalue weighted by Crippen LogP contribution is -2.64. The third kappa shape index (κ3) is 5.35. The first-order valence-electron chi connectivity index (χ1n) is 13.9. The summed E-state index contributed by atoms with van der Waals surface area (Å²) in [5, 5.41) is 6.86. The Bertz CT molecular complexity index is 966. The fourth-order valence-corrected chi connectivity index (χ4v) is 6.27. The number of nitrogens with one attached hydrogen (secondary N) is 1. The van der Waals surface area contributed by atoms with Gasteiger partial charge in [0.1, 0.15) is 12.2 Å². The third-order valence-corrected chi connectivity index (χ3v) is 9.35. The first-order valence-corrected chi connectivity index (χ1v) is 13.9. The molecular weight excluding hydrogens is 485 g/mol. The van der Waals surface area contributed by atoms with E-state index in [1.807, 2.05) is 6.92 Å². The van der Waals surface area contributed by atoms with E-state index in [9.17, 15) is 9.18 Å². The van der Waals surface area contributed by atoms with Crippen molar-refractivity contribution in [1.29, 1.82) is 0 Å². The molecule has 1 N–H and O–H groups in total. The molecule has 8 nitrogen and oxygen atoms in total. The second kappa shape index (κ2) is 10.0. The fourth-order valence-electron chi connectivity index (χ4n) is 6.27. The van der Waals surface area contributed by atoms with Crippen LogP contribution in [0.15, 0.2) is 4.52 Å². The molecule has 2 amide bonds. The zero-order chi connectivity index (χ0) is 26.5. The highest BCUT2D eigenvalue weighted by Crippen LogP contribution is 2.44. The van der Waals surface area contributed by atoms with Crippen molar-refractivity contribution < 1.29 is 22.5 Å². The van der Waals surface area contributed by atoms with E-state index in [1.165, 1.54) is 0 Å². The minimum Gasteiger partial charge on any atom is -0.339 e. The predicted octanol–water partition coefficient (Wildman–Crippen LogP) is 3.93. The minimum absolute atomic E-state index is 0.198. The number of hydrogen-bond donors (Lipinski definition) is 1. The summed E-state index contributed by atoms with van der Waals surface area (Å²) < 4.78 is 49.1. The zero-order valence-electron chi connectivity index (χ0n) is 22.4. The van der Waals surface area contributed by atoms with Crippen molar-refractivity contribution in [1.82, 2.24) is 30.2 Å². The standard InChI is InChI=1S/C26H41F3N6O2/c1-16(2)33(4)17-7-11-35(15-17)20-6-5-8-26(28,29)21(20)30-24(36)34-12-9-25(3,10-13-34)23-31-22(37-32-23)18-14-19(18)27/h16-21H,5-15H2,1-4H3,(H,30,36)/t17?,18-,19+,20+,21-/m1/s1. The predicted molar refractivity (Wildman–Crippen MR) is 132 cm³/mol. The third-order valence-electron chi connectivity index (χ3n) is 9.35. The van der Waals surface area contributed by atoms with E-state index in [1.54, 1.807) is 4.90 Å². The number of likely N-dealkylation sites (N-methyl/N-ethyl adjacent to an activating group) is 1. The maximum Gasteiger partial charge on any atom is 0.317 e. The Kier molecular flexibility index (Phi) is 7.23. The van der Waals surface area contributed by atoms with Crippen LogP contribution < -0.4 is 5.32 Å². The number of urea groups is 1. The highest BCUT2D eigenvalue weighted by Gasteiger charge is 2.51. The summed E-state index contributed by atoms with van der Waals surface area (Å²) in [6.45, 7) is 8.65. The van der Waals surface area contributed by atoms with Crippen LogP contribution in [0.4, 0.5) is 18.0 Å². The summed E-state index contributed by atoms with van der Waals surface area (Å²) in [6.07, 6.45) is 2.57. The monoisotopic (exact) mass is 526 g/mol. The highest BCUT2D eigenvalue weighted by atomic mass is 19.3. The van der Waals surface area contributed by atoms with Crippen LogP contribution in [0.5, 0.6) is 0 Å². The Labute approximate surface area is 217 Å². The second-order valence-corrected chi connectivity index (χ2v) is 12.2. The molecular formula is C26H41F3N6O2. The molecule has 2 saturated heterocycles. The van der Waals surface area contributed by atoms with Crippen LogP contribution in [0.1, 0.15) is 83.3 Å². The molecule has 4 fully saturated rings. The molecule has 0 aromatic carbocycles. The Balaban J connectivity index is 1.20. The molecule has 0 radical (unpaired) electrons. The van der Waals surface area contributed by atoms with E-state index < -0.39 is 29.6 Å². The number of hydrogen-bond acceptors (Lipinski definition) is 6. The van der Waals surface area contributed by atoms with Crippen molar-refractivity contribution in [2.75, 3.05) is 33.2 Å². The number of alkyl halides is 3. The number of rotatable bonds is 6. The molecule has 5 rings (SSSR count). The molecule has 2 saturated carbocycles. The number of nitrogens with zero attached hydrogens (tertiary/aromatic N) is 5. The van der Waals surface area contributed by atoms with Gasteiger partial charge in [0.2, 0.25) is 5.89 Å². The maximum atomic E-state index is 15.2. The van der Waals surface area contributed by atoms with Crippen molar-refractivity contribution >= 4 is 6.03 Å². The highest BCUT2D eigenvalue weighted by molar-refractivity contribution is 5.75. The average Bonchev–Trinajstić information content (AvgIpc) is 3.24. The topological polar surface area (TPSA) is 77.7 Å². The van der Waals surface area contributed by atoms with Gasteiger partial charge in [-0.1, -0.05) is 12.1 Å². The lowest BCUT2D eigenvalue weighted by Gasteiger charge is -2.44. The number of aromatic nitrogens is 2. The smallest absolute Gasteiger partial charge is 0.317 e. The van der Waals surface area contributed by atoms with Gasteiger partial charge in [-0.05, 0) is 59.4 Å². The molecule has 4 aliphatic rings. The average molecular weight is 527 g/mol. The summed E-state index contributed by atoms with van der Waals surface area (Å²) in [4.78, 5) is 23.8. The molecule has 0 spiro atoms. The van der Waals surface area contributed by atoms with E-state index in [0.29, 0.717) is 69.0 Å². The van der Waals surface area contributed by atoms with Crippen LogP contribution in [-0.2, 0) is 5.41 Å². The van der Waals surface area contributed by atoms with Gasteiger partial charge in [0.25, 0.3) is 5.92 Å². The maximum absolute atomic E-state index is 15.2. The van der Waals surface area contributed by atoms with Gasteiger partial charge < -0.3 is 14.7 Å². The molecule has 37 heavy (non-hydrogen) atoms. The summed E-state index contributed by atoms with van der Waals surface area (Å²) in [5.74, 6) is -2.35. The van der Waals surface area contributed by atoms with Gasteiger partial charge in [-0.3, -0.25) is 9.80 Å². The van der Waals surface area contributed by atoms with Crippen molar-refractivity contribution in [2.45, 2.75) is 113 Å². The van der Waals surface area contributed by atoms with Gasteiger partial charge in [-0.25, -0.2) is 18.0 Å². The summed E-state index contributed by atoms with van der Waals surface area (Å²) >= 11 is 0. The lowest BCUT2D eigenvalue weighted by atomic mass is 9.79. The largest absolute Gasteiger partial charge is 0.339 e. The van der Waals surface area contributed by atoms with Crippen molar-refractivity contribution in [2.24, 2.45) is 0 Å². The van der Waals surface area contributed by atoms with Gasteiger partial charge in [-0.15, -0.1) is 0 Å². The van der Waals surface area contributed by atoms with Crippen LogP contribution in [0.25, 0.3) is 0 Å². The van der Waals surface area contributed by atoms with E-state index >= 15 is 8.78 Å². The van der Waals surface area contributed by atoms with E-state index in [2.05, 4.69) is 46.2 Å². The quantitative estimate of drug-likeness (QED) is 0.605. The Morgan fingerprint density at radius 3 is 2.54 bits per heavy atom. The van der Waals surface area contributed by atoms with Gasteiger partial charge >= 0.3 is 6.03 Å². The van der Waals surface area contributed by atoms with Crippen molar-refractivity contribution in [3.8, 4) is 0 Å². The number of amides is 2. The summed E-state index contributed by atoms with van der Waals surface area (Å²) in [7, 11) is 2.09. The Morgan fingerprint density at radius 1 is 1.19 bits per heavy atom. The van der Waals surface area contributed by atoms with Crippen LogP contribution >= 0.6 is 0 Å². The molecule has 5 atom stereocenters. The van der Waals surface area contributed by atoms with E-state index in [0.717, 1.165) is 19.5 Å². The van der Waals surface area contributed by atoms with Crippen molar-refractivity contribution in [3.63, 3.8) is 0 Å². The van der Waals surface area contributed by atoms with E-state index in [-0.39, 0.29) is 18.4 Å². The van der Waals surface area contributed by atoms with Gasteiger partial charge in [0, 0.05) is 56.1 Å². The molecule has 1 unspecified atom stereocenters. The number of halogens is 3. The van der Waals surface area contributed by atoms with Crippen LogP contribution in [0, 0.1) is 0 Å². The van der Waals surface area contributed by atoms with Crippen molar-refractivity contribution in [3.05, 3.63) is 11.7 Å². The molecule has 1 aromatic heterocycles. The fraction of sp³-hybridized carbons (Fsp3) is 0.885. The van der Waals surface area contributed by atoms with E-state index in [4.69, 9.17) is 4.52 Å². The van der Waals surface area contributed by atoms with Gasteiger partial charge in [0.15, 0.2) is 5.82 Å². The SMILES string of the molecule is CC(C)N(C)C1CCN([C@H]2CCCC(F)(F)[C@@H]2NC(=O)N2CCC(C)(c3noc([C@@H]4C[C@@H]4F)n3)CC2)C1. The normalized spacial score (nSPS) is 33.8. The first kappa shape index (κ1) is 26.7. The number of carbonyl (C=O) groups is 1. The van der Waals surface area contributed by atoms with Crippen LogP contribution in [0.2, 0.25) is 0 Å². The molecule has 3 heterocycles. The molecule has 0 bridgehead atoms. The number of piperidine rings is 1. The summed E-state index contributed by atoms with van der Waals surface area (Å²) in [5.41, 5.74) is -0.399. The molecule has 208 valence electrons. The lowest BCUT2D eigenvalue weighted by molar-refractivity contribution is -0.0899. The molecule has 2 aliphatic heterocycles. The number of likely N-dealkylation sites (tertiary alicyclic amines) is 2. The second-order valence-electron chi connectivity index (χ2n) is 12.2. The Hall–Kier alpha value is -1.88. The zero-order valence-corrected chi connectivity index (χ0v) is 22.4.